The molecule has 0 bridgehead atoms. The van der Waals surface area contributed by atoms with E-state index in [-0.39, 0.29) is 17.2 Å². The van der Waals surface area contributed by atoms with Gasteiger partial charge in [-0.15, -0.1) is 10.2 Å². The van der Waals surface area contributed by atoms with E-state index in [0.29, 0.717) is 27.9 Å². The van der Waals surface area contributed by atoms with Gasteiger partial charge in [0.15, 0.2) is 4.34 Å². The third kappa shape index (κ3) is 3.89. The van der Waals surface area contributed by atoms with Gasteiger partial charge in [0.05, 0.1) is 23.9 Å². The molecular weight excluding hydrogens is 348 g/mol. The van der Waals surface area contributed by atoms with Crippen molar-refractivity contribution in [2.24, 2.45) is 0 Å². The number of hydrogen-bond donors (Lipinski definition) is 2. The highest BCUT2D eigenvalue weighted by Gasteiger charge is 2.07. The first-order valence-corrected chi connectivity index (χ1v) is 8.87. The van der Waals surface area contributed by atoms with E-state index in [4.69, 9.17) is 5.73 Å². The number of carbonyl (C=O) groups excluding carboxylic acids is 1. The molecule has 10 heteroatoms. The molecule has 2 aromatic heterocycles. The van der Waals surface area contributed by atoms with Gasteiger partial charge in [0.1, 0.15) is 0 Å². The first-order valence-electron chi connectivity index (χ1n) is 7.07. The average Bonchev–Trinajstić information content (AvgIpc) is 3.01. The zero-order valence-electron chi connectivity index (χ0n) is 12.5. The number of nitrogens with one attached hydrogen (secondary N) is 1. The van der Waals surface area contributed by atoms with Gasteiger partial charge in [-0.3, -0.25) is 9.59 Å². The van der Waals surface area contributed by atoms with Crippen molar-refractivity contribution in [2.75, 3.05) is 18.0 Å². The second-order valence-corrected chi connectivity index (χ2v) is 7.04. The van der Waals surface area contributed by atoms with E-state index in [9.17, 15) is 9.59 Å². The lowest BCUT2D eigenvalue weighted by molar-refractivity contribution is -0.118. The van der Waals surface area contributed by atoms with Crippen LogP contribution in [0, 0.1) is 0 Å². The number of anilines is 1. The number of nitrogens with zero attached hydrogens (tertiary/aromatic N) is 4. The zero-order chi connectivity index (χ0) is 16.9. The summed E-state index contributed by atoms with van der Waals surface area (Å²) in [5.74, 6) is 0.0666. The number of carbonyl (C=O) groups is 1. The van der Waals surface area contributed by atoms with Crippen LogP contribution < -0.4 is 16.6 Å². The Balaban J connectivity index is 1.52. The predicted octanol–water partition coefficient (Wildman–Crippen LogP) is 0.739. The van der Waals surface area contributed by atoms with Crippen LogP contribution in [0.1, 0.15) is 0 Å². The van der Waals surface area contributed by atoms with E-state index >= 15 is 0 Å². The van der Waals surface area contributed by atoms with Crippen molar-refractivity contribution in [1.29, 1.82) is 0 Å². The lowest BCUT2D eigenvalue weighted by Crippen LogP contribution is -2.32. The van der Waals surface area contributed by atoms with Gasteiger partial charge in [-0.1, -0.05) is 41.3 Å². The highest BCUT2D eigenvalue weighted by Crippen LogP contribution is 2.22. The van der Waals surface area contributed by atoms with Gasteiger partial charge in [0, 0.05) is 11.9 Å². The third-order valence-electron chi connectivity index (χ3n) is 3.16. The number of nitrogen functional groups attached to an aromatic ring is 1. The number of aromatic nitrogens is 4. The summed E-state index contributed by atoms with van der Waals surface area (Å²) in [6, 6.07) is 7.27. The summed E-state index contributed by atoms with van der Waals surface area (Å²) < 4.78 is 2.00. The molecule has 0 aliphatic carbocycles. The van der Waals surface area contributed by atoms with Gasteiger partial charge < -0.3 is 11.1 Å². The number of benzene rings is 1. The molecule has 1 aromatic carbocycles. The van der Waals surface area contributed by atoms with E-state index in [2.05, 4.69) is 20.6 Å². The normalized spacial score (nSPS) is 10.8. The first-order chi connectivity index (χ1) is 11.6. The van der Waals surface area contributed by atoms with Gasteiger partial charge >= 0.3 is 0 Å². The first kappa shape index (κ1) is 16.4. The smallest absolute Gasteiger partial charge is 0.274 e. The summed E-state index contributed by atoms with van der Waals surface area (Å²) >= 11 is 2.51. The summed E-state index contributed by atoms with van der Waals surface area (Å²) in [5.41, 5.74) is 5.31. The number of hydrogen-bond acceptors (Lipinski definition) is 8. The molecule has 3 rings (SSSR count). The molecule has 0 radical (unpaired) electrons. The van der Waals surface area contributed by atoms with Crippen molar-refractivity contribution >= 4 is 44.9 Å². The minimum Gasteiger partial charge on any atom is -0.374 e. The van der Waals surface area contributed by atoms with Crippen LogP contribution in [0.5, 0.6) is 0 Å². The Kier molecular flexibility index (Phi) is 5.06. The Morgan fingerprint density at radius 3 is 2.96 bits per heavy atom. The fourth-order valence-corrected chi connectivity index (χ4v) is 3.51. The van der Waals surface area contributed by atoms with Crippen LogP contribution in [0.25, 0.3) is 10.8 Å². The Morgan fingerprint density at radius 1 is 1.33 bits per heavy atom. The van der Waals surface area contributed by atoms with Gasteiger partial charge in [-0.2, -0.15) is 5.10 Å². The lowest BCUT2D eigenvalue weighted by atomic mass is 10.2. The second kappa shape index (κ2) is 7.41. The molecule has 1 amide bonds. The van der Waals surface area contributed by atoms with Crippen molar-refractivity contribution in [3.05, 3.63) is 40.8 Å². The average molecular weight is 362 g/mol. The van der Waals surface area contributed by atoms with Gasteiger partial charge in [0.25, 0.3) is 5.56 Å². The summed E-state index contributed by atoms with van der Waals surface area (Å²) in [5, 5.41) is 16.2. The Hall–Kier alpha value is -2.46. The molecule has 8 nitrogen and oxygen atoms in total. The number of thioether (sulfide) groups is 1. The van der Waals surface area contributed by atoms with Crippen LogP contribution >= 0.6 is 23.1 Å². The number of fused-ring (bicyclic) bond motifs is 1. The molecule has 0 saturated heterocycles. The van der Waals surface area contributed by atoms with Crippen molar-refractivity contribution in [1.82, 2.24) is 25.3 Å². The quantitative estimate of drug-likeness (QED) is 0.621. The van der Waals surface area contributed by atoms with E-state index in [1.807, 2.05) is 18.2 Å². The SMILES string of the molecule is Nc1nnc(SCC(=O)NCCn2ncc3ccccc3c2=O)s1. The molecular formula is C14H14N6O2S2. The Bertz CT molecular complexity index is 923. The third-order valence-corrected chi connectivity index (χ3v) is 5.04. The van der Waals surface area contributed by atoms with Crippen LogP contribution in [-0.4, -0.2) is 38.2 Å². The molecule has 124 valence electrons. The van der Waals surface area contributed by atoms with Crippen LogP contribution in [0.3, 0.4) is 0 Å². The minimum absolute atomic E-state index is 0.150. The van der Waals surface area contributed by atoms with E-state index < -0.39 is 0 Å². The molecule has 0 aliphatic rings. The van der Waals surface area contributed by atoms with Gasteiger partial charge in [-0.25, -0.2) is 4.68 Å². The molecule has 24 heavy (non-hydrogen) atoms. The van der Waals surface area contributed by atoms with Crippen molar-refractivity contribution in [2.45, 2.75) is 10.9 Å². The number of rotatable bonds is 6. The summed E-state index contributed by atoms with van der Waals surface area (Å²) in [6.45, 7) is 0.634. The predicted molar refractivity (Wildman–Crippen MR) is 94.1 cm³/mol. The van der Waals surface area contributed by atoms with Gasteiger partial charge in [-0.05, 0) is 6.07 Å². The van der Waals surface area contributed by atoms with E-state index in [0.717, 1.165) is 5.39 Å². The van der Waals surface area contributed by atoms with E-state index in [1.54, 1.807) is 12.3 Å². The molecule has 0 spiro atoms. The second-order valence-electron chi connectivity index (χ2n) is 4.80. The summed E-state index contributed by atoms with van der Waals surface area (Å²) in [7, 11) is 0. The summed E-state index contributed by atoms with van der Waals surface area (Å²) in [4.78, 5) is 24.1. The van der Waals surface area contributed by atoms with Gasteiger partial charge in [0.2, 0.25) is 11.0 Å². The molecule has 0 atom stereocenters. The molecule has 0 aliphatic heterocycles. The fraction of sp³-hybridized carbons (Fsp3) is 0.214. The standard InChI is InChI=1S/C14H14N6O2S2/c15-13-18-19-14(24-13)23-8-11(21)16-5-6-20-12(22)10-4-2-1-3-9(10)7-17-20/h1-4,7H,5-6,8H2,(H2,15,18)(H,16,21). The molecule has 0 unspecified atom stereocenters. The van der Waals surface area contributed by atoms with Crippen molar-refractivity contribution < 1.29 is 4.79 Å². The van der Waals surface area contributed by atoms with Crippen molar-refractivity contribution in [3.63, 3.8) is 0 Å². The zero-order valence-corrected chi connectivity index (χ0v) is 14.1. The highest BCUT2D eigenvalue weighted by atomic mass is 32.2. The van der Waals surface area contributed by atoms with Crippen LogP contribution in [-0.2, 0) is 11.3 Å². The maximum absolute atomic E-state index is 12.3. The Labute approximate surface area is 145 Å². The van der Waals surface area contributed by atoms with E-state index in [1.165, 1.54) is 27.8 Å². The molecule has 3 aromatic rings. The molecule has 0 saturated carbocycles. The van der Waals surface area contributed by atoms with Crippen LogP contribution in [0.4, 0.5) is 5.13 Å². The molecule has 0 fully saturated rings. The fourth-order valence-electron chi connectivity index (χ4n) is 2.05. The molecule has 3 N–H and O–H groups in total. The highest BCUT2D eigenvalue weighted by molar-refractivity contribution is 8.01. The monoisotopic (exact) mass is 362 g/mol. The van der Waals surface area contributed by atoms with Crippen LogP contribution in [0.15, 0.2) is 39.6 Å². The number of nitrogens with two attached hydrogens (primary N) is 1. The Morgan fingerprint density at radius 2 is 2.17 bits per heavy atom. The maximum Gasteiger partial charge on any atom is 0.274 e. The summed E-state index contributed by atoms with van der Waals surface area (Å²) in [6.07, 6.45) is 1.65. The topological polar surface area (TPSA) is 116 Å². The van der Waals surface area contributed by atoms with Crippen molar-refractivity contribution in [3.8, 4) is 0 Å². The molecule has 2 heterocycles. The minimum atomic E-state index is -0.166. The lowest BCUT2D eigenvalue weighted by Gasteiger charge is -2.07. The largest absolute Gasteiger partial charge is 0.374 e. The maximum atomic E-state index is 12.3. The number of amides is 1. The van der Waals surface area contributed by atoms with Crippen LogP contribution in [0.2, 0.25) is 0 Å².